The molecule has 0 spiro atoms. The van der Waals surface area contributed by atoms with Gasteiger partial charge in [-0.25, -0.2) is 0 Å². The predicted molar refractivity (Wildman–Crippen MR) is 66.6 cm³/mol. The molecule has 0 fully saturated rings. The minimum atomic E-state index is 0.484. The van der Waals surface area contributed by atoms with Gasteiger partial charge in [-0.3, -0.25) is 0 Å². The molecule has 0 amide bonds. The zero-order valence-corrected chi connectivity index (χ0v) is 11.2. The van der Waals surface area contributed by atoms with Gasteiger partial charge < -0.3 is 9.88 Å². The van der Waals surface area contributed by atoms with Crippen molar-refractivity contribution in [2.75, 3.05) is 0 Å². The Kier molecular flexibility index (Phi) is 4.50. The van der Waals surface area contributed by atoms with E-state index in [1.54, 1.807) is 0 Å². The zero-order valence-electron chi connectivity index (χ0n) is 9.64. The van der Waals surface area contributed by atoms with Gasteiger partial charge in [0.25, 0.3) is 0 Å². The quantitative estimate of drug-likeness (QED) is 0.864. The summed E-state index contributed by atoms with van der Waals surface area (Å²) in [6.45, 7) is 7.37. The topological polar surface area (TPSA) is 17.0 Å². The van der Waals surface area contributed by atoms with E-state index < -0.39 is 0 Å². The Morgan fingerprint density at radius 1 is 1.33 bits per heavy atom. The van der Waals surface area contributed by atoms with Crippen molar-refractivity contribution in [3.8, 4) is 0 Å². The summed E-state index contributed by atoms with van der Waals surface area (Å²) >= 11 is 11.9. The standard InChI is InChI=1S/C11H18Cl2N2/c1-7(2)8(3)14-6-9-5-10(12)11(13)15(9)4/h5,7-8,14H,6H2,1-4H3. The molecule has 86 valence electrons. The Balaban J connectivity index is 2.62. The smallest absolute Gasteiger partial charge is 0.127 e. The predicted octanol–water partition coefficient (Wildman–Crippen LogP) is 3.47. The largest absolute Gasteiger partial charge is 0.336 e. The van der Waals surface area contributed by atoms with Crippen LogP contribution in [0.4, 0.5) is 0 Å². The fourth-order valence-electron chi connectivity index (χ4n) is 1.26. The minimum Gasteiger partial charge on any atom is -0.336 e. The lowest BCUT2D eigenvalue weighted by Crippen LogP contribution is -2.30. The second-order valence-electron chi connectivity index (χ2n) is 4.25. The van der Waals surface area contributed by atoms with E-state index in [0.29, 0.717) is 22.1 Å². The molecule has 1 heterocycles. The molecule has 0 saturated heterocycles. The molecular weight excluding hydrogens is 231 g/mol. The molecule has 0 radical (unpaired) electrons. The molecule has 1 unspecified atom stereocenters. The third-order valence-corrected chi connectivity index (χ3v) is 3.66. The SMILES string of the molecule is CC(C)C(C)NCc1cc(Cl)c(Cl)n1C. The monoisotopic (exact) mass is 248 g/mol. The molecule has 0 aliphatic carbocycles. The highest BCUT2D eigenvalue weighted by Crippen LogP contribution is 2.25. The first kappa shape index (κ1) is 12.9. The Labute approximate surface area is 102 Å². The second-order valence-corrected chi connectivity index (χ2v) is 5.01. The first-order valence-electron chi connectivity index (χ1n) is 5.16. The van der Waals surface area contributed by atoms with Crippen molar-refractivity contribution in [3.05, 3.63) is 21.9 Å². The molecular formula is C11H18Cl2N2. The van der Waals surface area contributed by atoms with E-state index >= 15 is 0 Å². The summed E-state index contributed by atoms with van der Waals surface area (Å²) < 4.78 is 1.91. The number of hydrogen-bond acceptors (Lipinski definition) is 1. The fraction of sp³-hybridized carbons (Fsp3) is 0.636. The third kappa shape index (κ3) is 3.13. The van der Waals surface area contributed by atoms with E-state index in [1.165, 1.54) is 0 Å². The number of nitrogens with one attached hydrogen (secondary N) is 1. The van der Waals surface area contributed by atoms with Gasteiger partial charge in [-0.2, -0.15) is 0 Å². The van der Waals surface area contributed by atoms with Crippen LogP contribution in [0.3, 0.4) is 0 Å². The van der Waals surface area contributed by atoms with Gasteiger partial charge in [0.1, 0.15) is 5.15 Å². The van der Waals surface area contributed by atoms with Crippen LogP contribution in [0.2, 0.25) is 10.2 Å². The highest BCUT2D eigenvalue weighted by atomic mass is 35.5. The number of hydrogen-bond donors (Lipinski definition) is 1. The van der Waals surface area contributed by atoms with Gasteiger partial charge in [0.15, 0.2) is 0 Å². The summed E-state index contributed by atoms with van der Waals surface area (Å²) in [5.41, 5.74) is 1.11. The molecule has 1 rings (SSSR count). The van der Waals surface area contributed by atoms with Crippen LogP contribution in [0.15, 0.2) is 6.07 Å². The average molecular weight is 249 g/mol. The summed E-state index contributed by atoms with van der Waals surface area (Å²) in [6, 6.07) is 2.39. The van der Waals surface area contributed by atoms with Gasteiger partial charge in [0.05, 0.1) is 5.02 Å². The van der Waals surface area contributed by atoms with Crippen LogP contribution in [-0.2, 0) is 13.6 Å². The summed E-state index contributed by atoms with van der Waals surface area (Å²) in [5.74, 6) is 0.621. The number of halogens is 2. The molecule has 1 N–H and O–H groups in total. The Morgan fingerprint density at radius 2 is 1.93 bits per heavy atom. The lowest BCUT2D eigenvalue weighted by molar-refractivity contribution is 0.421. The highest BCUT2D eigenvalue weighted by Gasteiger charge is 2.11. The molecule has 1 atom stereocenters. The van der Waals surface area contributed by atoms with Crippen LogP contribution in [0.1, 0.15) is 26.5 Å². The van der Waals surface area contributed by atoms with Crippen LogP contribution in [0.25, 0.3) is 0 Å². The minimum absolute atomic E-state index is 0.484. The van der Waals surface area contributed by atoms with Crippen molar-refractivity contribution in [2.45, 2.75) is 33.4 Å². The first-order valence-corrected chi connectivity index (χ1v) is 5.92. The van der Waals surface area contributed by atoms with E-state index in [1.807, 2.05) is 17.7 Å². The highest BCUT2D eigenvalue weighted by molar-refractivity contribution is 6.41. The number of rotatable bonds is 4. The summed E-state index contributed by atoms with van der Waals surface area (Å²) in [4.78, 5) is 0. The number of aromatic nitrogens is 1. The lowest BCUT2D eigenvalue weighted by atomic mass is 10.1. The van der Waals surface area contributed by atoms with Crippen molar-refractivity contribution >= 4 is 23.2 Å². The lowest BCUT2D eigenvalue weighted by Gasteiger charge is -2.17. The maximum Gasteiger partial charge on any atom is 0.127 e. The second kappa shape index (κ2) is 5.24. The Bertz CT molecular complexity index is 332. The summed E-state index contributed by atoms with van der Waals surface area (Å²) in [5, 5.41) is 4.66. The summed E-state index contributed by atoms with van der Waals surface area (Å²) in [6.07, 6.45) is 0. The van der Waals surface area contributed by atoms with Gasteiger partial charge in [0, 0.05) is 25.3 Å². The van der Waals surface area contributed by atoms with Gasteiger partial charge in [0.2, 0.25) is 0 Å². The van der Waals surface area contributed by atoms with Crippen molar-refractivity contribution in [1.29, 1.82) is 0 Å². The van der Waals surface area contributed by atoms with Crippen LogP contribution in [0, 0.1) is 5.92 Å². The van der Waals surface area contributed by atoms with Crippen molar-refractivity contribution in [1.82, 2.24) is 9.88 Å². The van der Waals surface area contributed by atoms with Gasteiger partial charge in [-0.1, -0.05) is 37.0 Å². The zero-order chi connectivity index (χ0) is 11.6. The molecule has 0 bridgehead atoms. The first-order chi connectivity index (χ1) is 6.93. The van der Waals surface area contributed by atoms with E-state index in [2.05, 4.69) is 26.1 Å². The molecule has 1 aromatic heterocycles. The maximum absolute atomic E-state index is 5.98. The molecule has 15 heavy (non-hydrogen) atoms. The van der Waals surface area contributed by atoms with Crippen molar-refractivity contribution in [3.63, 3.8) is 0 Å². The number of nitrogens with zero attached hydrogens (tertiary/aromatic N) is 1. The molecule has 0 aliphatic heterocycles. The maximum atomic E-state index is 5.98. The van der Waals surface area contributed by atoms with Gasteiger partial charge in [-0.05, 0) is 18.9 Å². The van der Waals surface area contributed by atoms with E-state index in [0.717, 1.165) is 12.2 Å². The Morgan fingerprint density at radius 3 is 2.33 bits per heavy atom. The van der Waals surface area contributed by atoms with Crippen LogP contribution < -0.4 is 5.32 Å². The van der Waals surface area contributed by atoms with Gasteiger partial charge >= 0.3 is 0 Å². The van der Waals surface area contributed by atoms with Crippen LogP contribution >= 0.6 is 23.2 Å². The van der Waals surface area contributed by atoms with E-state index in [4.69, 9.17) is 23.2 Å². The molecule has 0 aromatic carbocycles. The van der Waals surface area contributed by atoms with Crippen molar-refractivity contribution in [2.24, 2.45) is 13.0 Å². The third-order valence-electron chi connectivity index (χ3n) is 2.82. The van der Waals surface area contributed by atoms with Crippen LogP contribution in [0.5, 0.6) is 0 Å². The molecule has 0 aliphatic rings. The molecule has 4 heteroatoms. The molecule has 1 aromatic rings. The normalized spacial score (nSPS) is 13.5. The van der Waals surface area contributed by atoms with Crippen molar-refractivity contribution < 1.29 is 0 Å². The molecule has 2 nitrogen and oxygen atoms in total. The summed E-state index contributed by atoms with van der Waals surface area (Å²) in [7, 11) is 1.92. The average Bonchev–Trinajstić information content (AvgIpc) is 2.42. The van der Waals surface area contributed by atoms with E-state index in [-0.39, 0.29) is 0 Å². The Hall–Kier alpha value is -0.180. The van der Waals surface area contributed by atoms with Crippen LogP contribution in [-0.4, -0.2) is 10.6 Å². The fourth-order valence-corrected chi connectivity index (χ4v) is 1.68. The molecule has 0 saturated carbocycles. The van der Waals surface area contributed by atoms with Gasteiger partial charge in [-0.15, -0.1) is 0 Å². The van der Waals surface area contributed by atoms with E-state index in [9.17, 15) is 0 Å².